The molecule has 19 heavy (non-hydrogen) atoms. The molecule has 1 rings (SSSR count). The first-order valence-corrected chi connectivity index (χ1v) is 6.80. The Kier molecular flexibility index (Phi) is 6.13. The van der Waals surface area contributed by atoms with Gasteiger partial charge in [-0.1, -0.05) is 29.3 Å². The molecule has 0 aliphatic carbocycles. The topological polar surface area (TPSA) is 21.3 Å². The molecule has 2 nitrogen and oxygen atoms in total. The van der Waals surface area contributed by atoms with Crippen molar-refractivity contribution in [1.82, 2.24) is 0 Å². The second-order valence-corrected chi connectivity index (χ2v) is 5.19. The zero-order valence-corrected chi connectivity index (χ0v) is 12.4. The van der Waals surface area contributed by atoms with E-state index in [9.17, 15) is 13.2 Å². The number of benzene rings is 1. The molecule has 0 bridgehead atoms. The van der Waals surface area contributed by atoms with Crippen LogP contribution < -0.4 is 5.32 Å². The van der Waals surface area contributed by atoms with Crippen LogP contribution in [0.2, 0.25) is 0 Å². The van der Waals surface area contributed by atoms with E-state index in [0.29, 0.717) is 11.1 Å². The summed E-state index contributed by atoms with van der Waals surface area (Å²) in [6.07, 6.45) is -2.75. The van der Waals surface area contributed by atoms with Gasteiger partial charge in [0.15, 0.2) is 0 Å². The molecular formula is C13H17BrF3NO. The van der Waals surface area contributed by atoms with Gasteiger partial charge in [-0.3, -0.25) is 0 Å². The van der Waals surface area contributed by atoms with E-state index in [0.717, 1.165) is 18.9 Å². The molecule has 108 valence electrons. The largest absolute Gasteiger partial charge is 0.418 e. The number of rotatable bonds is 6. The van der Waals surface area contributed by atoms with Crippen molar-refractivity contribution in [2.45, 2.75) is 32.0 Å². The molecule has 0 spiro atoms. The lowest BCUT2D eigenvalue weighted by Gasteiger charge is -2.22. The molecule has 0 aromatic heterocycles. The number of alkyl halides is 3. The van der Waals surface area contributed by atoms with Gasteiger partial charge in [-0.05, 0) is 24.6 Å². The van der Waals surface area contributed by atoms with Crippen molar-refractivity contribution in [1.29, 1.82) is 0 Å². The Hall–Kier alpha value is -0.750. The van der Waals surface area contributed by atoms with Crippen LogP contribution in [0.15, 0.2) is 22.7 Å². The van der Waals surface area contributed by atoms with E-state index in [1.165, 1.54) is 19.2 Å². The van der Waals surface area contributed by atoms with Crippen LogP contribution in [0.25, 0.3) is 0 Å². The maximum absolute atomic E-state index is 12.9. The van der Waals surface area contributed by atoms with Gasteiger partial charge in [0.05, 0.1) is 12.2 Å². The normalized spacial score (nSPS) is 13.4. The van der Waals surface area contributed by atoms with Crippen LogP contribution in [0.1, 0.15) is 25.3 Å². The molecule has 0 amide bonds. The van der Waals surface area contributed by atoms with Crippen molar-refractivity contribution in [2.24, 2.45) is 0 Å². The minimum absolute atomic E-state index is 0.0809. The highest BCUT2D eigenvalue weighted by molar-refractivity contribution is 9.10. The van der Waals surface area contributed by atoms with Crippen LogP contribution in [0.4, 0.5) is 18.9 Å². The third-order valence-corrected chi connectivity index (χ3v) is 3.14. The Morgan fingerprint density at radius 3 is 2.58 bits per heavy atom. The van der Waals surface area contributed by atoms with E-state index >= 15 is 0 Å². The van der Waals surface area contributed by atoms with Crippen molar-refractivity contribution in [3.8, 4) is 0 Å². The van der Waals surface area contributed by atoms with Gasteiger partial charge >= 0.3 is 6.18 Å². The summed E-state index contributed by atoms with van der Waals surface area (Å²) >= 11 is 3.19. The number of ether oxygens (including phenoxy) is 1. The Labute approximate surface area is 119 Å². The highest BCUT2D eigenvalue weighted by Crippen LogP contribution is 2.36. The maximum atomic E-state index is 12.9. The van der Waals surface area contributed by atoms with Crippen LogP contribution in [0.3, 0.4) is 0 Å². The van der Waals surface area contributed by atoms with Crippen molar-refractivity contribution in [2.75, 3.05) is 19.0 Å². The summed E-state index contributed by atoms with van der Waals surface area (Å²) in [5, 5.41) is 2.92. The third-order valence-electron chi connectivity index (χ3n) is 2.65. The lowest BCUT2D eigenvalue weighted by atomic mass is 10.1. The monoisotopic (exact) mass is 339 g/mol. The van der Waals surface area contributed by atoms with E-state index in [-0.39, 0.29) is 11.7 Å². The second-order valence-electron chi connectivity index (χ2n) is 4.27. The molecule has 1 unspecified atom stereocenters. The number of anilines is 1. The first-order valence-electron chi connectivity index (χ1n) is 6.00. The average molecular weight is 340 g/mol. The SMILES string of the molecule is CCCC(COC)Nc1cc(Br)ccc1C(F)(F)F. The van der Waals surface area contributed by atoms with Gasteiger partial charge in [0, 0.05) is 23.3 Å². The second kappa shape index (κ2) is 7.14. The zero-order chi connectivity index (χ0) is 14.5. The average Bonchev–Trinajstić information content (AvgIpc) is 2.28. The molecule has 0 heterocycles. The van der Waals surface area contributed by atoms with Crippen LogP contribution in [-0.2, 0) is 10.9 Å². The van der Waals surface area contributed by atoms with Crippen LogP contribution in [0, 0.1) is 0 Å². The van der Waals surface area contributed by atoms with Gasteiger partial charge in [-0.2, -0.15) is 13.2 Å². The van der Waals surface area contributed by atoms with E-state index < -0.39 is 11.7 Å². The minimum atomic E-state index is -4.37. The maximum Gasteiger partial charge on any atom is 0.418 e. The minimum Gasteiger partial charge on any atom is -0.383 e. The number of halogens is 4. The molecule has 1 atom stereocenters. The molecule has 0 radical (unpaired) electrons. The van der Waals surface area contributed by atoms with Gasteiger partial charge in [-0.15, -0.1) is 0 Å². The summed E-state index contributed by atoms with van der Waals surface area (Å²) in [6.45, 7) is 2.35. The summed E-state index contributed by atoms with van der Waals surface area (Å²) in [4.78, 5) is 0. The van der Waals surface area contributed by atoms with Crippen molar-refractivity contribution in [3.05, 3.63) is 28.2 Å². The number of methoxy groups -OCH3 is 1. The van der Waals surface area contributed by atoms with Gasteiger partial charge < -0.3 is 10.1 Å². The molecule has 0 saturated carbocycles. The van der Waals surface area contributed by atoms with Crippen LogP contribution in [-0.4, -0.2) is 19.8 Å². The summed E-state index contributed by atoms with van der Waals surface area (Å²) in [7, 11) is 1.54. The Balaban J connectivity index is 3.00. The number of hydrogen-bond donors (Lipinski definition) is 1. The summed E-state index contributed by atoms with van der Waals surface area (Å²) in [6, 6.07) is 3.77. The molecular weight excluding hydrogens is 323 g/mol. The van der Waals surface area contributed by atoms with Gasteiger partial charge in [0.1, 0.15) is 0 Å². The molecule has 1 aromatic rings. The van der Waals surface area contributed by atoms with Crippen LogP contribution >= 0.6 is 15.9 Å². The number of nitrogens with one attached hydrogen (secondary N) is 1. The lowest BCUT2D eigenvalue weighted by molar-refractivity contribution is -0.137. The summed E-state index contributed by atoms with van der Waals surface area (Å²) < 4.78 is 44.4. The zero-order valence-electron chi connectivity index (χ0n) is 10.9. The van der Waals surface area contributed by atoms with Crippen molar-refractivity contribution in [3.63, 3.8) is 0 Å². The quantitative estimate of drug-likeness (QED) is 0.811. The Morgan fingerprint density at radius 1 is 1.37 bits per heavy atom. The molecule has 6 heteroatoms. The molecule has 0 aliphatic rings. The molecule has 0 fully saturated rings. The van der Waals surface area contributed by atoms with E-state index in [4.69, 9.17) is 4.74 Å². The fourth-order valence-electron chi connectivity index (χ4n) is 1.85. The summed E-state index contributed by atoms with van der Waals surface area (Å²) in [5.41, 5.74) is -0.578. The third kappa shape index (κ3) is 5.03. The highest BCUT2D eigenvalue weighted by Gasteiger charge is 2.33. The fraction of sp³-hybridized carbons (Fsp3) is 0.538. The van der Waals surface area contributed by atoms with Gasteiger partial charge in [0.25, 0.3) is 0 Å². The standard InChI is InChI=1S/C13H17BrF3NO/c1-3-4-10(8-19-2)18-12-7-9(14)5-6-11(12)13(15,16)17/h5-7,10,18H,3-4,8H2,1-2H3. The number of hydrogen-bond acceptors (Lipinski definition) is 2. The van der Waals surface area contributed by atoms with E-state index in [2.05, 4.69) is 21.2 Å². The van der Waals surface area contributed by atoms with Gasteiger partial charge in [-0.25, -0.2) is 0 Å². The van der Waals surface area contributed by atoms with Crippen molar-refractivity contribution < 1.29 is 17.9 Å². The van der Waals surface area contributed by atoms with E-state index in [1.54, 1.807) is 0 Å². The first kappa shape index (κ1) is 16.3. The predicted octanol–water partition coefficient (Wildman–Crippen LogP) is 4.69. The lowest BCUT2D eigenvalue weighted by Crippen LogP contribution is -2.26. The Bertz CT molecular complexity index is 403. The molecule has 0 aliphatic heterocycles. The molecule has 1 aromatic carbocycles. The molecule has 0 saturated heterocycles. The van der Waals surface area contributed by atoms with Gasteiger partial charge in [0.2, 0.25) is 0 Å². The molecule has 1 N–H and O–H groups in total. The predicted molar refractivity (Wildman–Crippen MR) is 73.3 cm³/mol. The van der Waals surface area contributed by atoms with Crippen LogP contribution in [0.5, 0.6) is 0 Å². The van der Waals surface area contributed by atoms with E-state index in [1.807, 2.05) is 6.92 Å². The highest BCUT2D eigenvalue weighted by atomic mass is 79.9. The first-order chi connectivity index (χ1) is 8.88. The summed E-state index contributed by atoms with van der Waals surface area (Å²) in [5.74, 6) is 0. The van der Waals surface area contributed by atoms with Crippen molar-refractivity contribution >= 4 is 21.6 Å². The Morgan fingerprint density at radius 2 is 2.05 bits per heavy atom. The smallest absolute Gasteiger partial charge is 0.383 e. The fourth-order valence-corrected chi connectivity index (χ4v) is 2.21.